The first-order valence-corrected chi connectivity index (χ1v) is 5.89. The van der Waals surface area contributed by atoms with Gasteiger partial charge < -0.3 is 35.7 Å². The van der Waals surface area contributed by atoms with E-state index in [1.165, 1.54) is 0 Å². The van der Waals surface area contributed by atoms with Gasteiger partial charge in [-0.3, -0.25) is 14.4 Å². The maximum absolute atomic E-state index is 10.5. The lowest BCUT2D eigenvalue weighted by atomic mass is 10.1. The lowest BCUT2D eigenvalue weighted by molar-refractivity contribution is -0.143. The van der Waals surface area contributed by atoms with Gasteiger partial charge in [-0.25, -0.2) is 0 Å². The van der Waals surface area contributed by atoms with E-state index in [-0.39, 0.29) is 19.3 Å². The largest absolute Gasteiger partial charge is 0.481 e. The van der Waals surface area contributed by atoms with Crippen molar-refractivity contribution in [3.8, 4) is 0 Å². The van der Waals surface area contributed by atoms with Crippen LogP contribution in [0.5, 0.6) is 0 Å². The van der Waals surface area contributed by atoms with E-state index in [0.717, 1.165) is 0 Å². The molecule has 0 rings (SSSR count). The summed E-state index contributed by atoms with van der Waals surface area (Å²) in [7, 11) is 0. The van der Waals surface area contributed by atoms with Gasteiger partial charge >= 0.3 is 11.9 Å². The van der Waals surface area contributed by atoms with Crippen molar-refractivity contribution >= 4 is 17.7 Å². The zero-order valence-corrected chi connectivity index (χ0v) is 11.1. The van der Waals surface area contributed by atoms with Crippen LogP contribution in [0.3, 0.4) is 0 Å². The molecular weight excluding hydrogens is 292 g/mol. The number of rotatable bonds is 9. The lowest BCUT2D eigenvalue weighted by Gasteiger charge is -2.19. The van der Waals surface area contributed by atoms with Gasteiger partial charge in [0.15, 0.2) is 5.78 Å². The van der Waals surface area contributed by atoms with E-state index in [2.05, 4.69) is 0 Å². The van der Waals surface area contributed by atoms with Crippen molar-refractivity contribution in [2.24, 2.45) is 0 Å². The van der Waals surface area contributed by atoms with E-state index in [0.29, 0.717) is 0 Å². The highest BCUT2D eigenvalue weighted by Gasteiger charge is 2.28. The third kappa shape index (κ3) is 11.9. The van der Waals surface area contributed by atoms with E-state index in [1.807, 2.05) is 0 Å². The van der Waals surface area contributed by atoms with Crippen LogP contribution in [0.2, 0.25) is 0 Å². The highest BCUT2D eigenvalue weighted by molar-refractivity contribution is 5.84. The predicted molar refractivity (Wildman–Crippen MR) is 66.3 cm³/mol. The second kappa shape index (κ2) is 12.2. The molecule has 10 nitrogen and oxygen atoms in total. The molecule has 0 aromatic rings. The van der Waals surface area contributed by atoms with Gasteiger partial charge in [0, 0.05) is 12.8 Å². The summed E-state index contributed by atoms with van der Waals surface area (Å²) < 4.78 is 0. The molecule has 0 aliphatic heterocycles. The molecule has 124 valence electrons. The van der Waals surface area contributed by atoms with Gasteiger partial charge in [0.05, 0.1) is 6.61 Å². The van der Waals surface area contributed by atoms with Crippen LogP contribution in [0.4, 0.5) is 0 Å². The highest BCUT2D eigenvalue weighted by atomic mass is 16.4. The van der Waals surface area contributed by atoms with Crippen LogP contribution < -0.4 is 0 Å². The Labute approximate surface area is 119 Å². The van der Waals surface area contributed by atoms with Gasteiger partial charge in [-0.1, -0.05) is 0 Å². The number of aliphatic hydroxyl groups excluding tert-OH is 5. The first-order valence-electron chi connectivity index (χ1n) is 5.89. The molecular formula is C11H20O10. The minimum atomic E-state index is -1.86. The Morgan fingerprint density at radius 2 is 1.29 bits per heavy atom. The number of aliphatic hydroxyl groups is 5. The molecule has 0 aliphatic rings. The monoisotopic (exact) mass is 312 g/mol. The number of carbonyl (C=O) groups is 3. The van der Waals surface area contributed by atoms with Crippen molar-refractivity contribution in [3.63, 3.8) is 0 Å². The lowest BCUT2D eigenvalue weighted by Crippen LogP contribution is -2.44. The van der Waals surface area contributed by atoms with Crippen LogP contribution in [0.15, 0.2) is 0 Å². The Hall–Kier alpha value is -1.59. The van der Waals surface area contributed by atoms with E-state index in [1.54, 1.807) is 0 Å². The Bertz CT molecular complexity index is 315. The Morgan fingerprint density at radius 3 is 1.57 bits per heavy atom. The highest BCUT2D eigenvalue weighted by Crippen LogP contribution is 2.00. The van der Waals surface area contributed by atoms with Crippen LogP contribution >= 0.6 is 0 Å². The van der Waals surface area contributed by atoms with Crippen molar-refractivity contribution in [2.75, 3.05) is 13.2 Å². The first kappa shape index (κ1) is 21.7. The van der Waals surface area contributed by atoms with Gasteiger partial charge in [-0.05, 0) is 6.42 Å². The summed E-state index contributed by atoms with van der Waals surface area (Å²) in [6.07, 6.45) is -5.13. The van der Waals surface area contributed by atoms with E-state index in [4.69, 9.17) is 35.7 Å². The molecule has 0 saturated heterocycles. The summed E-state index contributed by atoms with van der Waals surface area (Å²) in [5.74, 6) is -2.90. The quantitative estimate of drug-likeness (QED) is 0.230. The molecule has 0 aromatic carbocycles. The van der Waals surface area contributed by atoms with Crippen molar-refractivity contribution in [1.29, 1.82) is 0 Å². The molecule has 0 aromatic heterocycles. The van der Waals surface area contributed by atoms with Gasteiger partial charge in [-0.15, -0.1) is 0 Å². The van der Waals surface area contributed by atoms with Crippen molar-refractivity contribution in [3.05, 3.63) is 0 Å². The number of aliphatic carboxylic acids is 2. The van der Waals surface area contributed by atoms with Gasteiger partial charge in [-0.2, -0.15) is 0 Å². The molecule has 0 heterocycles. The SMILES string of the molecule is O=C(CO)[C@H](O)[C@@H](O)[C@H](O)CO.O=C(O)CCCC(=O)O. The van der Waals surface area contributed by atoms with Gasteiger partial charge in [0.2, 0.25) is 0 Å². The smallest absolute Gasteiger partial charge is 0.303 e. The van der Waals surface area contributed by atoms with Crippen LogP contribution in [-0.4, -0.2) is 85.0 Å². The molecule has 0 spiro atoms. The Kier molecular flexibility index (Phi) is 12.6. The number of hydrogen-bond acceptors (Lipinski definition) is 8. The second-order valence-corrected chi connectivity index (χ2v) is 3.95. The minimum Gasteiger partial charge on any atom is -0.481 e. The van der Waals surface area contributed by atoms with Crippen LogP contribution in [0.1, 0.15) is 19.3 Å². The molecule has 0 bridgehead atoms. The van der Waals surface area contributed by atoms with Gasteiger partial charge in [0.25, 0.3) is 0 Å². The number of hydrogen-bond donors (Lipinski definition) is 7. The molecule has 0 aliphatic carbocycles. The fourth-order valence-corrected chi connectivity index (χ4v) is 0.993. The summed E-state index contributed by atoms with van der Waals surface area (Å²) in [6, 6.07) is 0. The summed E-state index contributed by atoms with van der Waals surface area (Å²) in [4.78, 5) is 30.1. The van der Waals surface area contributed by atoms with E-state index < -0.39 is 49.2 Å². The summed E-state index contributed by atoms with van der Waals surface area (Å²) in [5, 5.41) is 59.1. The normalized spacial score (nSPS) is 14.3. The molecule has 10 heteroatoms. The molecule has 21 heavy (non-hydrogen) atoms. The maximum atomic E-state index is 10.5. The molecule has 0 fully saturated rings. The fraction of sp³-hybridized carbons (Fsp3) is 0.727. The number of carboxylic acid groups (broad SMARTS) is 2. The molecule has 3 atom stereocenters. The summed E-state index contributed by atoms with van der Waals surface area (Å²) in [6.45, 7) is -1.69. The third-order valence-electron chi connectivity index (χ3n) is 2.17. The zero-order valence-electron chi connectivity index (χ0n) is 11.1. The fourth-order valence-electron chi connectivity index (χ4n) is 0.993. The van der Waals surface area contributed by atoms with Crippen molar-refractivity contribution in [1.82, 2.24) is 0 Å². The molecule has 0 saturated carbocycles. The topological polar surface area (TPSA) is 193 Å². The van der Waals surface area contributed by atoms with Crippen LogP contribution in [0, 0.1) is 0 Å². The third-order valence-corrected chi connectivity index (χ3v) is 2.17. The molecule has 7 N–H and O–H groups in total. The average molecular weight is 312 g/mol. The van der Waals surface area contributed by atoms with Crippen molar-refractivity contribution in [2.45, 2.75) is 37.6 Å². The van der Waals surface area contributed by atoms with Crippen LogP contribution in [0.25, 0.3) is 0 Å². The molecule has 0 unspecified atom stereocenters. The Balaban J connectivity index is 0. The summed E-state index contributed by atoms with van der Waals surface area (Å²) in [5.41, 5.74) is 0. The van der Waals surface area contributed by atoms with Crippen LogP contribution in [-0.2, 0) is 14.4 Å². The number of Topliss-reactive ketones (excluding diaryl/α,β-unsaturated/α-hetero) is 1. The van der Waals surface area contributed by atoms with Gasteiger partial charge in [0.1, 0.15) is 24.9 Å². The number of carboxylic acids is 2. The second-order valence-electron chi connectivity index (χ2n) is 3.95. The number of ketones is 1. The Morgan fingerprint density at radius 1 is 0.857 bits per heavy atom. The van der Waals surface area contributed by atoms with E-state index >= 15 is 0 Å². The molecule has 0 amide bonds. The standard InChI is InChI=1S/C6H12O6.C5H8O4/c7-1-3(9)5(11)6(12)4(10)2-8;6-4(7)2-1-3-5(8)9/h3,5-9,11-12H,1-2H2;1-3H2,(H,6,7)(H,8,9)/t3-,5+,6+;/m1./s1. The predicted octanol–water partition coefficient (Wildman–Crippen LogP) is -3.05. The maximum Gasteiger partial charge on any atom is 0.303 e. The van der Waals surface area contributed by atoms with E-state index in [9.17, 15) is 14.4 Å². The molecule has 0 radical (unpaired) electrons. The zero-order chi connectivity index (χ0) is 17.0. The summed E-state index contributed by atoms with van der Waals surface area (Å²) >= 11 is 0. The number of carbonyl (C=O) groups excluding carboxylic acids is 1. The minimum absolute atomic E-state index is 0.0632. The van der Waals surface area contributed by atoms with Crippen molar-refractivity contribution < 1.29 is 50.1 Å². The first-order chi connectivity index (χ1) is 9.67. The average Bonchev–Trinajstić information content (AvgIpc) is 2.43.